The third-order valence-corrected chi connectivity index (χ3v) is 5.89. The van der Waals surface area contributed by atoms with Crippen LogP contribution in [0.5, 0.6) is 0 Å². The Labute approximate surface area is 144 Å². The Morgan fingerprint density at radius 2 is 2.26 bits per heavy atom. The number of rotatable bonds is 6. The summed E-state index contributed by atoms with van der Waals surface area (Å²) in [4.78, 5) is 22.6. The molecule has 1 aliphatic rings. The summed E-state index contributed by atoms with van der Waals surface area (Å²) in [6, 6.07) is 4.23. The largest absolute Gasteiger partial charge is 0.338 e. The lowest BCUT2D eigenvalue weighted by Crippen LogP contribution is -2.40. The average Bonchev–Trinajstić information content (AvgIpc) is 3.27. The molecule has 7 heteroatoms. The van der Waals surface area contributed by atoms with E-state index < -0.39 is 0 Å². The highest BCUT2D eigenvalue weighted by Gasteiger charge is 2.29. The minimum Gasteiger partial charge on any atom is -0.338 e. The predicted molar refractivity (Wildman–Crippen MR) is 93.8 cm³/mol. The summed E-state index contributed by atoms with van der Waals surface area (Å²) in [6.07, 6.45) is 8.43. The molecule has 1 N–H and O–H groups in total. The highest BCUT2D eigenvalue weighted by molar-refractivity contribution is 8.00. The quantitative estimate of drug-likeness (QED) is 0.640. The number of carbonyl (C=O) groups excluding carboxylic acids is 1. The van der Waals surface area contributed by atoms with Gasteiger partial charge < -0.3 is 10.2 Å². The van der Waals surface area contributed by atoms with Crippen molar-refractivity contribution in [1.29, 1.82) is 0 Å². The molecule has 0 aromatic carbocycles. The number of thiazole rings is 1. The van der Waals surface area contributed by atoms with E-state index in [4.69, 9.17) is 0 Å². The van der Waals surface area contributed by atoms with Gasteiger partial charge in [-0.1, -0.05) is 11.8 Å². The van der Waals surface area contributed by atoms with Gasteiger partial charge in [0.25, 0.3) is 0 Å². The number of urea groups is 1. The molecule has 0 bridgehead atoms. The van der Waals surface area contributed by atoms with Gasteiger partial charge >= 0.3 is 6.03 Å². The zero-order chi connectivity index (χ0) is 15.9. The van der Waals surface area contributed by atoms with Gasteiger partial charge in [0.15, 0.2) is 0 Å². The summed E-state index contributed by atoms with van der Waals surface area (Å²) >= 11 is 3.40. The molecule has 1 aliphatic heterocycles. The van der Waals surface area contributed by atoms with Gasteiger partial charge in [0.2, 0.25) is 0 Å². The zero-order valence-corrected chi connectivity index (χ0v) is 14.5. The Balaban J connectivity index is 1.42. The number of amides is 2. The van der Waals surface area contributed by atoms with Crippen molar-refractivity contribution in [2.75, 3.05) is 18.8 Å². The standard InChI is InChI=1S/C16H20N4OS2/c21-15(18-6-2-11-22-16-19-9-12-23-16)20-10-1-3-14(20)13-4-7-17-8-5-13/h4-5,7-9,12,14H,1-3,6,10-11H2,(H,18,21). The molecule has 1 saturated heterocycles. The van der Waals surface area contributed by atoms with Crippen LogP contribution in [0.2, 0.25) is 0 Å². The molecule has 1 atom stereocenters. The van der Waals surface area contributed by atoms with E-state index in [0.29, 0.717) is 6.54 Å². The van der Waals surface area contributed by atoms with Crippen LogP contribution in [0.3, 0.4) is 0 Å². The lowest BCUT2D eigenvalue weighted by molar-refractivity contribution is 0.193. The number of pyridine rings is 1. The Hall–Kier alpha value is -1.60. The fourth-order valence-electron chi connectivity index (χ4n) is 2.75. The highest BCUT2D eigenvalue weighted by Crippen LogP contribution is 2.31. The van der Waals surface area contributed by atoms with Crippen LogP contribution in [-0.4, -0.2) is 39.7 Å². The minimum absolute atomic E-state index is 0.0450. The van der Waals surface area contributed by atoms with Crippen molar-refractivity contribution < 1.29 is 4.79 Å². The number of hydrogen-bond acceptors (Lipinski definition) is 5. The van der Waals surface area contributed by atoms with Crippen molar-refractivity contribution in [3.63, 3.8) is 0 Å². The summed E-state index contributed by atoms with van der Waals surface area (Å²) in [5, 5.41) is 5.03. The van der Waals surface area contributed by atoms with Gasteiger partial charge in [-0.3, -0.25) is 4.98 Å². The summed E-state index contributed by atoms with van der Waals surface area (Å²) in [6.45, 7) is 1.53. The van der Waals surface area contributed by atoms with E-state index in [1.165, 1.54) is 5.56 Å². The molecule has 3 heterocycles. The second kappa shape index (κ2) is 8.31. The van der Waals surface area contributed by atoms with Crippen molar-refractivity contribution in [3.05, 3.63) is 41.7 Å². The summed E-state index contributed by atoms with van der Waals surface area (Å²) in [7, 11) is 0. The van der Waals surface area contributed by atoms with Gasteiger partial charge in [-0.2, -0.15) is 0 Å². The van der Waals surface area contributed by atoms with Crippen LogP contribution >= 0.6 is 23.1 Å². The van der Waals surface area contributed by atoms with E-state index in [-0.39, 0.29) is 12.1 Å². The molecule has 0 spiro atoms. The fourth-order valence-corrected chi connectivity index (χ4v) is 4.40. The molecule has 2 amide bonds. The second-order valence-electron chi connectivity index (χ2n) is 5.36. The second-order valence-corrected chi connectivity index (χ2v) is 7.60. The third kappa shape index (κ3) is 4.45. The number of thioether (sulfide) groups is 1. The maximum atomic E-state index is 12.4. The van der Waals surface area contributed by atoms with Gasteiger partial charge in [-0.15, -0.1) is 11.3 Å². The van der Waals surface area contributed by atoms with E-state index in [9.17, 15) is 4.79 Å². The number of nitrogens with one attached hydrogen (secondary N) is 1. The lowest BCUT2D eigenvalue weighted by atomic mass is 10.1. The number of aromatic nitrogens is 2. The summed E-state index contributed by atoms with van der Waals surface area (Å²) in [5.41, 5.74) is 1.17. The first kappa shape index (κ1) is 16.3. The van der Waals surface area contributed by atoms with E-state index in [2.05, 4.69) is 15.3 Å². The van der Waals surface area contributed by atoms with Crippen molar-refractivity contribution >= 4 is 29.1 Å². The Morgan fingerprint density at radius 3 is 3.04 bits per heavy atom. The molecule has 2 aromatic heterocycles. The van der Waals surface area contributed by atoms with Gasteiger partial charge in [-0.05, 0) is 37.0 Å². The van der Waals surface area contributed by atoms with Crippen LogP contribution < -0.4 is 5.32 Å². The average molecular weight is 348 g/mol. The summed E-state index contributed by atoms with van der Waals surface area (Å²) < 4.78 is 1.09. The molecule has 1 fully saturated rings. The first-order valence-electron chi connectivity index (χ1n) is 7.81. The normalized spacial score (nSPS) is 17.4. The van der Waals surface area contributed by atoms with Crippen molar-refractivity contribution in [3.8, 4) is 0 Å². The Bertz CT molecular complexity index is 606. The van der Waals surface area contributed by atoms with Crippen LogP contribution in [0.15, 0.2) is 40.4 Å². The highest BCUT2D eigenvalue weighted by atomic mass is 32.2. The predicted octanol–water partition coefficient (Wildman–Crippen LogP) is 3.57. The molecule has 3 rings (SSSR count). The smallest absolute Gasteiger partial charge is 0.317 e. The molecular formula is C16H20N4OS2. The molecule has 0 saturated carbocycles. The molecule has 122 valence electrons. The molecule has 0 radical (unpaired) electrons. The first-order chi connectivity index (χ1) is 11.3. The number of likely N-dealkylation sites (tertiary alicyclic amines) is 1. The lowest BCUT2D eigenvalue weighted by Gasteiger charge is -2.25. The molecular weight excluding hydrogens is 328 g/mol. The summed E-state index contributed by atoms with van der Waals surface area (Å²) in [5.74, 6) is 0.974. The van der Waals surface area contributed by atoms with Crippen molar-refractivity contribution in [2.45, 2.75) is 29.6 Å². The monoisotopic (exact) mass is 348 g/mol. The van der Waals surface area contributed by atoms with Gasteiger partial charge in [0.1, 0.15) is 4.34 Å². The topological polar surface area (TPSA) is 58.1 Å². The fraction of sp³-hybridized carbons (Fsp3) is 0.438. The number of nitrogens with zero attached hydrogens (tertiary/aromatic N) is 3. The Morgan fingerprint density at radius 1 is 1.39 bits per heavy atom. The SMILES string of the molecule is O=C(NCCCSc1nccs1)N1CCCC1c1ccncc1. The Kier molecular flexibility index (Phi) is 5.87. The number of carbonyl (C=O) groups is 1. The first-order valence-corrected chi connectivity index (χ1v) is 9.68. The van der Waals surface area contributed by atoms with Crippen LogP contribution in [0.4, 0.5) is 4.79 Å². The molecule has 1 unspecified atom stereocenters. The molecule has 2 aromatic rings. The number of hydrogen-bond donors (Lipinski definition) is 1. The van der Waals surface area contributed by atoms with Crippen LogP contribution in [0.25, 0.3) is 0 Å². The van der Waals surface area contributed by atoms with Gasteiger partial charge in [0, 0.05) is 42.8 Å². The van der Waals surface area contributed by atoms with Crippen molar-refractivity contribution in [2.24, 2.45) is 0 Å². The maximum absolute atomic E-state index is 12.4. The molecule has 0 aliphatic carbocycles. The van der Waals surface area contributed by atoms with E-state index in [1.54, 1.807) is 35.5 Å². The van der Waals surface area contributed by atoms with Crippen LogP contribution in [0.1, 0.15) is 30.9 Å². The third-order valence-electron chi connectivity index (χ3n) is 3.84. The van der Waals surface area contributed by atoms with E-state index in [1.807, 2.05) is 28.6 Å². The minimum atomic E-state index is 0.0450. The molecule has 23 heavy (non-hydrogen) atoms. The van der Waals surface area contributed by atoms with Crippen molar-refractivity contribution in [1.82, 2.24) is 20.2 Å². The zero-order valence-electron chi connectivity index (χ0n) is 12.9. The van der Waals surface area contributed by atoms with Crippen LogP contribution in [-0.2, 0) is 0 Å². The van der Waals surface area contributed by atoms with Gasteiger partial charge in [0.05, 0.1) is 6.04 Å². The van der Waals surface area contributed by atoms with Gasteiger partial charge in [-0.25, -0.2) is 9.78 Å². The van der Waals surface area contributed by atoms with E-state index >= 15 is 0 Å². The van der Waals surface area contributed by atoms with E-state index in [0.717, 1.165) is 35.9 Å². The maximum Gasteiger partial charge on any atom is 0.317 e. The molecule has 5 nitrogen and oxygen atoms in total. The van der Waals surface area contributed by atoms with Crippen LogP contribution in [0, 0.1) is 0 Å².